The maximum atomic E-state index is 14.2. The Bertz CT molecular complexity index is 2450. The fourth-order valence-corrected chi connectivity index (χ4v) is 7.43. The Labute approximate surface area is 278 Å². The summed E-state index contributed by atoms with van der Waals surface area (Å²) in [6.07, 6.45) is 1.38. The van der Waals surface area contributed by atoms with Gasteiger partial charge in [0.05, 0.1) is 5.69 Å². The fraction of sp³-hybridized carbons (Fsp3) is 0.143. The van der Waals surface area contributed by atoms with E-state index >= 15 is 0 Å². The molecular weight excluding hydrogens is 596 g/mol. The van der Waals surface area contributed by atoms with E-state index in [1.807, 2.05) is 95.3 Å². The van der Waals surface area contributed by atoms with E-state index in [-0.39, 0.29) is 5.91 Å². The Kier molecular flexibility index (Phi) is 7.32. The van der Waals surface area contributed by atoms with Crippen LogP contribution in [0.25, 0.3) is 43.1 Å². The number of anilines is 2. The number of amides is 3. The van der Waals surface area contributed by atoms with Crippen molar-refractivity contribution in [2.24, 2.45) is 0 Å². The van der Waals surface area contributed by atoms with Gasteiger partial charge in [0, 0.05) is 34.8 Å². The molecule has 7 aromatic rings. The highest BCUT2D eigenvalue weighted by Crippen LogP contribution is 2.44. The van der Waals surface area contributed by atoms with Crippen LogP contribution in [0.2, 0.25) is 0 Å². The summed E-state index contributed by atoms with van der Waals surface area (Å²) in [4.78, 5) is 56.1. The second-order valence-electron chi connectivity index (χ2n) is 12.9. The molecule has 0 radical (unpaired) electrons. The predicted molar refractivity (Wildman–Crippen MR) is 195 cm³/mol. The molecule has 3 amide bonds. The van der Waals surface area contributed by atoms with Gasteiger partial charge in [-0.3, -0.25) is 19.2 Å². The van der Waals surface area contributed by atoms with Gasteiger partial charge in [-0.05, 0) is 137 Å². The molecular formula is C42H34N2O4. The van der Waals surface area contributed by atoms with Gasteiger partial charge in [-0.1, -0.05) is 48.5 Å². The lowest BCUT2D eigenvalue weighted by Crippen LogP contribution is -2.29. The van der Waals surface area contributed by atoms with E-state index in [2.05, 4.69) is 6.07 Å². The first-order valence-electron chi connectivity index (χ1n) is 15.9. The van der Waals surface area contributed by atoms with E-state index in [4.69, 9.17) is 0 Å². The average Bonchev–Trinajstić information content (AvgIpc) is 3.06. The van der Waals surface area contributed by atoms with E-state index in [0.29, 0.717) is 34.2 Å². The van der Waals surface area contributed by atoms with Gasteiger partial charge in [0.2, 0.25) is 6.41 Å². The topological polar surface area (TPSA) is 74.8 Å². The molecule has 0 unspecified atom stereocenters. The van der Waals surface area contributed by atoms with Crippen molar-refractivity contribution in [2.75, 3.05) is 16.8 Å². The van der Waals surface area contributed by atoms with Crippen molar-refractivity contribution >= 4 is 79.0 Å². The number of aldehydes is 1. The van der Waals surface area contributed by atoms with E-state index in [1.54, 1.807) is 30.1 Å². The minimum atomic E-state index is -0.413. The number of aryl methyl sites for hydroxylation is 5. The van der Waals surface area contributed by atoms with Gasteiger partial charge in [0.15, 0.2) is 6.29 Å². The Morgan fingerprint density at radius 2 is 0.979 bits per heavy atom. The molecule has 236 valence electrons. The first kappa shape index (κ1) is 30.8. The van der Waals surface area contributed by atoms with E-state index in [0.717, 1.165) is 77.5 Å². The average molecular weight is 631 g/mol. The Morgan fingerprint density at radius 1 is 0.521 bits per heavy atom. The predicted octanol–water partition coefficient (Wildman–Crippen LogP) is 9.17. The molecule has 0 aromatic heterocycles. The van der Waals surface area contributed by atoms with Crippen molar-refractivity contribution in [3.05, 3.63) is 129 Å². The number of imide groups is 1. The molecule has 0 saturated heterocycles. The fourth-order valence-electron chi connectivity index (χ4n) is 7.43. The van der Waals surface area contributed by atoms with Crippen molar-refractivity contribution in [3.8, 4) is 0 Å². The van der Waals surface area contributed by atoms with Crippen molar-refractivity contribution < 1.29 is 19.2 Å². The molecule has 0 spiro atoms. The second-order valence-corrected chi connectivity index (χ2v) is 12.9. The van der Waals surface area contributed by atoms with Gasteiger partial charge in [0.25, 0.3) is 11.8 Å². The third-order valence-corrected chi connectivity index (χ3v) is 9.44. The van der Waals surface area contributed by atoms with Gasteiger partial charge in [-0.2, -0.15) is 0 Å². The molecule has 0 atom stereocenters. The van der Waals surface area contributed by atoms with Crippen LogP contribution in [-0.4, -0.2) is 31.6 Å². The van der Waals surface area contributed by atoms with Crippen molar-refractivity contribution in [1.29, 1.82) is 0 Å². The highest BCUT2D eigenvalue weighted by molar-refractivity contribution is 6.38. The van der Waals surface area contributed by atoms with Gasteiger partial charge >= 0.3 is 0 Å². The molecule has 6 heteroatoms. The Morgan fingerprint density at radius 3 is 1.50 bits per heavy atom. The molecule has 0 aliphatic carbocycles. The number of carbonyl (C=O) groups is 4. The number of hydrogen-bond acceptors (Lipinski definition) is 4. The molecule has 0 bridgehead atoms. The SMILES string of the molecule is Cc1cc(C)cc(N(C)C(=O)c2ccc3c4ccc(C(=O)N(C=O)c5cc(C)cc(C)c5)c5c(C)ccc(c6ccc(C=O)c2c63)c54)c1. The van der Waals surface area contributed by atoms with Gasteiger partial charge in [-0.15, -0.1) is 0 Å². The van der Waals surface area contributed by atoms with Crippen molar-refractivity contribution in [3.63, 3.8) is 0 Å². The molecule has 7 rings (SSSR count). The molecule has 0 aliphatic heterocycles. The highest BCUT2D eigenvalue weighted by atomic mass is 16.2. The maximum absolute atomic E-state index is 14.2. The first-order valence-corrected chi connectivity index (χ1v) is 15.9. The Hall–Kier alpha value is -5.88. The van der Waals surface area contributed by atoms with Crippen LogP contribution in [0.15, 0.2) is 84.9 Å². The summed E-state index contributed by atoms with van der Waals surface area (Å²) in [6.45, 7) is 9.84. The van der Waals surface area contributed by atoms with Crippen molar-refractivity contribution in [2.45, 2.75) is 34.6 Å². The molecule has 6 nitrogen and oxygen atoms in total. The zero-order chi connectivity index (χ0) is 34.0. The standard InChI is InChI=1S/C42H34N2O4/c1-23-15-24(2)18-29(17-23)43(6)41(47)36-14-12-34-33-11-13-35(42(48)44(22-46)30-19-25(3)16-26(4)20-30)37-27(5)7-9-31(39(33)37)32-10-8-28(21-45)38(36)40(32)34/h7-22H,1-6H3. The summed E-state index contributed by atoms with van der Waals surface area (Å²) >= 11 is 0. The molecule has 0 heterocycles. The van der Waals surface area contributed by atoms with Crippen molar-refractivity contribution in [1.82, 2.24) is 0 Å². The second kappa shape index (κ2) is 11.4. The summed E-state index contributed by atoms with van der Waals surface area (Å²) < 4.78 is 0. The van der Waals surface area contributed by atoms with Crippen LogP contribution in [0.1, 0.15) is 58.9 Å². The van der Waals surface area contributed by atoms with Crippen LogP contribution < -0.4 is 9.80 Å². The van der Waals surface area contributed by atoms with Gasteiger partial charge < -0.3 is 4.90 Å². The lowest BCUT2D eigenvalue weighted by atomic mass is 9.84. The minimum absolute atomic E-state index is 0.215. The Balaban J connectivity index is 1.49. The van der Waals surface area contributed by atoms with Crippen LogP contribution in [0.4, 0.5) is 11.4 Å². The summed E-state index contributed by atoms with van der Waals surface area (Å²) in [5.41, 5.74) is 7.50. The number of benzene rings is 7. The zero-order valence-corrected chi connectivity index (χ0v) is 27.8. The van der Waals surface area contributed by atoms with Gasteiger partial charge in [0.1, 0.15) is 0 Å². The molecule has 7 aromatic carbocycles. The van der Waals surface area contributed by atoms with Crippen LogP contribution in [0.5, 0.6) is 0 Å². The minimum Gasteiger partial charge on any atom is -0.311 e. The summed E-state index contributed by atoms with van der Waals surface area (Å²) in [5.74, 6) is -0.627. The number of fused-ring (bicyclic) bond motifs is 2. The lowest BCUT2D eigenvalue weighted by Gasteiger charge is -2.23. The third-order valence-electron chi connectivity index (χ3n) is 9.44. The zero-order valence-electron chi connectivity index (χ0n) is 27.8. The van der Waals surface area contributed by atoms with Crippen LogP contribution >= 0.6 is 0 Å². The number of hydrogen-bond donors (Lipinski definition) is 0. The number of carbonyl (C=O) groups excluding carboxylic acids is 4. The molecule has 0 fully saturated rings. The van der Waals surface area contributed by atoms with Crippen LogP contribution in [-0.2, 0) is 4.79 Å². The molecule has 0 saturated carbocycles. The summed E-state index contributed by atoms with van der Waals surface area (Å²) in [6, 6.07) is 26.8. The van der Waals surface area contributed by atoms with E-state index in [9.17, 15) is 19.2 Å². The van der Waals surface area contributed by atoms with E-state index < -0.39 is 5.91 Å². The number of rotatable bonds is 6. The first-order chi connectivity index (χ1) is 23.0. The maximum Gasteiger partial charge on any atom is 0.265 e. The normalized spacial score (nSPS) is 11.5. The van der Waals surface area contributed by atoms with Crippen LogP contribution in [0, 0.1) is 34.6 Å². The van der Waals surface area contributed by atoms with Crippen LogP contribution in [0.3, 0.4) is 0 Å². The quantitative estimate of drug-likeness (QED) is 0.104. The monoisotopic (exact) mass is 630 g/mol. The third kappa shape index (κ3) is 4.71. The molecule has 0 aliphatic rings. The number of nitrogens with zero attached hydrogens (tertiary/aromatic N) is 2. The molecule has 0 N–H and O–H groups in total. The summed E-state index contributed by atoms with van der Waals surface area (Å²) in [5, 5.41) is 6.61. The smallest absolute Gasteiger partial charge is 0.265 e. The van der Waals surface area contributed by atoms with Gasteiger partial charge in [-0.25, -0.2) is 4.90 Å². The largest absolute Gasteiger partial charge is 0.311 e. The summed E-state index contributed by atoms with van der Waals surface area (Å²) in [7, 11) is 1.75. The molecule has 48 heavy (non-hydrogen) atoms. The lowest BCUT2D eigenvalue weighted by molar-refractivity contribution is -0.106. The van der Waals surface area contributed by atoms with E-state index in [1.165, 1.54) is 4.90 Å². The highest BCUT2D eigenvalue weighted by Gasteiger charge is 2.26.